The third-order valence-electron chi connectivity index (χ3n) is 5.56. The second-order valence-electron chi connectivity index (χ2n) is 7.21. The molecule has 3 rings (SSSR count). The minimum absolute atomic E-state index is 0.0868. The van der Waals surface area contributed by atoms with E-state index in [0.717, 1.165) is 45.4 Å². The van der Waals surface area contributed by atoms with Crippen molar-refractivity contribution >= 4 is 6.03 Å². The molecule has 0 spiro atoms. The van der Waals surface area contributed by atoms with Crippen molar-refractivity contribution in [2.24, 2.45) is 0 Å². The largest absolute Gasteiger partial charge is 0.376 e. The Kier molecular flexibility index (Phi) is 6.17. The Morgan fingerprint density at radius 2 is 1.70 bits per heavy atom. The van der Waals surface area contributed by atoms with Gasteiger partial charge in [-0.2, -0.15) is 0 Å². The summed E-state index contributed by atoms with van der Waals surface area (Å²) in [6, 6.07) is 0.267. The van der Waals surface area contributed by atoms with E-state index in [-0.39, 0.29) is 18.2 Å². The van der Waals surface area contributed by atoms with Crippen LogP contribution in [-0.2, 0) is 9.47 Å². The Morgan fingerprint density at radius 3 is 2.35 bits per heavy atom. The number of amides is 2. The van der Waals surface area contributed by atoms with E-state index in [2.05, 4.69) is 5.32 Å². The van der Waals surface area contributed by atoms with Crippen molar-refractivity contribution in [3.63, 3.8) is 0 Å². The van der Waals surface area contributed by atoms with Gasteiger partial charge in [-0.25, -0.2) is 4.79 Å². The lowest BCUT2D eigenvalue weighted by Gasteiger charge is -2.38. The molecule has 0 aromatic carbocycles. The molecule has 2 saturated carbocycles. The van der Waals surface area contributed by atoms with Gasteiger partial charge in [0, 0.05) is 19.7 Å². The van der Waals surface area contributed by atoms with Crippen molar-refractivity contribution in [3.8, 4) is 0 Å². The lowest BCUT2D eigenvalue weighted by atomic mass is 9.92. The predicted molar refractivity (Wildman–Crippen MR) is 89.5 cm³/mol. The van der Waals surface area contributed by atoms with Crippen molar-refractivity contribution in [2.45, 2.75) is 89.1 Å². The molecule has 5 nitrogen and oxygen atoms in total. The third kappa shape index (κ3) is 4.60. The number of hydrogen-bond acceptors (Lipinski definition) is 3. The van der Waals surface area contributed by atoms with Gasteiger partial charge in [0.2, 0.25) is 0 Å². The zero-order valence-electron chi connectivity index (χ0n) is 14.5. The molecule has 1 N–H and O–H groups in total. The molecule has 1 saturated heterocycles. The van der Waals surface area contributed by atoms with Crippen LogP contribution in [0, 0.1) is 0 Å². The second-order valence-corrected chi connectivity index (χ2v) is 7.21. The van der Waals surface area contributed by atoms with Gasteiger partial charge in [-0.1, -0.05) is 12.8 Å². The van der Waals surface area contributed by atoms with E-state index in [1.54, 1.807) is 0 Å². The van der Waals surface area contributed by atoms with Crippen molar-refractivity contribution < 1.29 is 14.3 Å². The minimum atomic E-state index is 0.0868. The molecule has 2 amide bonds. The Labute approximate surface area is 140 Å². The van der Waals surface area contributed by atoms with Crippen LogP contribution in [0.25, 0.3) is 0 Å². The van der Waals surface area contributed by atoms with E-state index < -0.39 is 0 Å². The summed E-state index contributed by atoms with van der Waals surface area (Å²) in [5.41, 5.74) is 0. The second kappa shape index (κ2) is 8.34. The lowest BCUT2D eigenvalue weighted by molar-refractivity contribution is -0.0700. The summed E-state index contributed by atoms with van der Waals surface area (Å²) in [6.07, 6.45) is 11.3. The summed E-state index contributed by atoms with van der Waals surface area (Å²) in [5.74, 6) is 0. The SMILES string of the molecule is CCO[C@@H]1CCCC[C@H]1NC(=O)N1CCC(OC2CCC2)CC1. The monoisotopic (exact) mass is 324 g/mol. The van der Waals surface area contributed by atoms with Crippen LogP contribution in [0.1, 0.15) is 64.7 Å². The van der Waals surface area contributed by atoms with E-state index in [9.17, 15) is 4.79 Å². The van der Waals surface area contributed by atoms with Crippen LogP contribution < -0.4 is 5.32 Å². The van der Waals surface area contributed by atoms with Crippen LogP contribution in [0.15, 0.2) is 0 Å². The number of nitrogens with one attached hydrogen (secondary N) is 1. The van der Waals surface area contributed by atoms with Gasteiger partial charge >= 0.3 is 6.03 Å². The standard InChI is InChI=1S/C18H32N2O3/c1-2-22-17-9-4-3-8-16(17)19-18(21)20-12-10-15(11-13-20)23-14-6-5-7-14/h14-17H,2-13H2,1H3,(H,19,21)/t16-,17-/m1/s1. The van der Waals surface area contributed by atoms with Gasteiger partial charge in [-0.05, 0) is 51.9 Å². The summed E-state index contributed by atoms with van der Waals surface area (Å²) >= 11 is 0. The van der Waals surface area contributed by atoms with Crippen LogP contribution in [0.4, 0.5) is 4.79 Å². The van der Waals surface area contributed by atoms with Crippen molar-refractivity contribution in [2.75, 3.05) is 19.7 Å². The molecule has 5 heteroatoms. The Balaban J connectivity index is 1.41. The molecule has 23 heavy (non-hydrogen) atoms. The molecular weight excluding hydrogens is 292 g/mol. The third-order valence-corrected chi connectivity index (χ3v) is 5.56. The van der Waals surface area contributed by atoms with E-state index in [1.165, 1.54) is 32.1 Å². The molecule has 1 aliphatic heterocycles. The summed E-state index contributed by atoms with van der Waals surface area (Å²) in [7, 11) is 0. The summed E-state index contributed by atoms with van der Waals surface area (Å²) in [6.45, 7) is 4.38. The Bertz CT molecular complexity index is 376. The van der Waals surface area contributed by atoms with Crippen LogP contribution in [0.3, 0.4) is 0 Å². The highest BCUT2D eigenvalue weighted by Crippen LogP contribution is 2.27. The van der Waals surface area contributed by atoms with E-state index in [1.807, 2.05) is 11.8 Å². The van der Waals surface area contributed by atoms with E-state index in [4.69, 9.17) is 9.47 Å². The fourth-order valence-corrected chi connectivity index (χ4v) is 3.90. The van der Waals surface area contributed by atoms with Crippen LogP contribution in [0.5, 0.6) is 0 Å². The zero-order chi connectivity index (χ0) is 16.1. The summed E-state index contributed by atoms with van der Waals surface area (Å²) in [4.78, 5) is 14.5. The Hall–Kier alpha value is -0.810. The zero-order valence-corrected chi connectivity index (χ0v) is 14.5. The number of urea groups is 1. The quantitative estimate of drug-likeness (QED) is 0.845. The smallest absolute Gasteiger partial charge is 0.317 e. The molecule has 1 heterocycles. The maximum absolute atomic E-state index is 12.5. The molecule has 3 aliphatic rings. The number of likely N-dealkylation sites (tertiary alicyclic amines) is 1. The number of carbonyl (C=O) groups excluding carboxylic acids is 1. The number of carbonyl (C=O) groups is 1. The number of rotatable bonds is 5. The molecule has 0 aromatic heterocycles. The maximum atomic E-state index is 12.5. The van der Waals surface area contributed by atoms with Crippen molar-refractivity contribution in [1.29, 1.82) is 0 Å². The highest BCUT2D eigenvalue weighted by atomic mass is 16.5. The topological polar surface area (TPSA) is 50.8 Å². The number of nitrogens with zero attached hydrogens (tertiary/aromatic N) is 1. The molecule has 3 fully saturated rings. The van der Waals surface area contributed by atoms with Crippen molar-refractivity contribution in [3.05, 3.63) is 0 Å². The molecule has 132 valence electrons. The molecule has 0 radical (unpaired) electrons. The fourth-order valence-electron chi connectivity index (χ4n) is 3.90. The fraction of sp³-hybridized carbons (Fsp3) is 0.944. The minimum Gasteiger partial charge on any atom is -0.376 e. The first-order valence-electron chi connectivity index (χ1n) is 9.58. The first kappa shape index (κ1) is 17.0. The highest BCUT2D eigenvalue weighted by molar-refractivity contribution is 5.74. The lowest BCUT2D eigenvalue weighted by Crippen LogP contribution is -2.53. The molecule has 0 bridgehead atoms. The van der Waals surface area contributed by atoms with E-state index >= 15 is 0 Å². The first-order chi connectivity index (χ1) is 11.3. The molecule has 2 aliphatic carbocycles. The number of ether oxygens (including phenoxy) is 2. The first-order valence-corrected chi connectivity index (χ1v) is 9.58. The van der Waals surface area contributed by atoms with Crippen LogP contribution >= 0.6 is 0 Å². The normalized spacial score (nSPS) is 30.0. The molecule has 2 atom stereocenters. The molecule has 0 unspecified atom stereocenters. The Morgan fingerprint density at radius 1 is 1.00 bits per heavy atom. The van der Waals surface area contributed by atoms with Crippen molar-refractivity contribution in [1.82, 2.24) is 10.2 Å². The van der Waals surface area contributed by atoms with E-state index in [0.29, 0.717) is 12.2 Å². The van der Waals surface area contributed by atoms with Gasteiger partial charge in [0.05, 0.1) is 24.4 Å². The van der Waals surface area contributed by atoms with Crippen LogP contribution in [-0.4, -0.2) is 55.0 Å². The average Bonchev–Trinajstić information content (AvgIpc) is 2.53. The highest BCUT2D eigenvalue weighted by Gasteiger charge is 2.31. The van der Waals surface area contributed by atoms with Gasteiger partial charge in [-0.3, -0.25) is 0 Å². The predicted octanol–water partition coefficient (Wildman–Crippen LogP) is 3.08. The molecule has 0 aromatic rings. The van der Waals surface area contributed by atoms with Gasteiger partial charge in [0.1, 0.15) is 0 Å². The maximum Gasteiger partial charge on any atom is 0.317 e. The van der Waals surface area contributed by atoms with Gasteiger partial charge in [0.25, 0.3) is 0 Å². The van der Waals surface area contributed by atoms with Gasteiger partial charge in [0.15, 0.2) is 0 Å². The number of piperidine rings is 1. The molecular formula is C18H32N2O3. The summed E-state index contributed by atoms with van der Waals surface area (Å²) < 4.78 is 11.9. The van der Waals surface area contributed by atoms with Gasteiger partial charge in [-0.15, -0.1) is 0 Å². The average molecular weight is 324 g/mol. The van der Waals surface area contributed by atoms with Crippen LogP contribution in [0.2, 0.25) is 0 Å². The summed E-state index contributed by atoms with van der Waals surface area (Å²) in [5, 5.41) is 3.22. The van der Waals surface area contributed by atoms with Gasteiger partial charge < -0.3 is 19.7 Å². The number of hydrogen-bond donors (Lipinski definition) is 1.